The zero-order valence-corrected chi connectivity index (χ0v) is 8.12. The van der Waals surface area contributed by atoms with Crippen molar-refractivity contribution in [3.8, 4) is 11.8 Å². The van der Waals surface area contributed by atoms with Crippen molar-refractivity contribution in [3.63, 3.8) is 0 Å². The van der Waals surface area contributed by atoms with Gasteiger partial charge in [-0.2, -0.15) is 0 Å². The third-order valence-electron chi connectivity index (χ3n) is 1.21. The topological polar surface area (TPSA) is 44.8 Å². The van der Waals surface area contributed by atoms with Crippen molar-refractivity contribution < 1.29 is 19.0 Å². The number of rotatable bonds is 4. The van der Waals surface area contributed by atoms with Crippen molar-refractivity contribution in [2.45, 2.75) is 13.0 Å². The molecule has 13 heavy (non-hydrogen) atoms. The summed E-state index contributed by atoms with van der Waals surface area (Å²) in [6, 6.07) is 0. The maximum Gasteiger partial charge on any atom is 0.384 e. The molecular formula is C9H14O4. The van der Waals surface area contributed by atoms with E-state index in [2.05, 4.69) is 16.6 Å². The molecule has 0 aliphatic heterocycles. The normalized spacial score (nSPS) is 11.3. The minimum Gasteiger partial charge on any atom is -0.456 e. The number of ether oxygens (including phenoxy) is 3. The van der Waals surface area contributed by atoms with Gasteiger partial charge in [-0.3, -0.25) is 0 Å². The second kappa shape index (κ2) is 7.59. The Kier molecular flexibility index (Phi) is 6.98. The van der Waals surface area contributed by atoms with Crippen molar-refractivity contribution in [1.29, 1.82) is 0 Å². The average Bonchev–Trinajstić information content (AvgIpc) is 2.12. The van der Waals surface area contributed by atoms with Gasteiger partial charge in [0.05, 0.1) is 13.2 Å². The van der Waals surface area contributed by atoms with Crippen LogP contribution < -0.4 is 0 Å². The summed E-state index contributed by atoms with van der Waals surface area (Å²) in [6.45, 7) is 2.39. The lowest BCUT2D eigenvalue weighted by Gasteiger charge is -2.05. The standard InChI is InChI=1S/C9H14O4/c1-4-13-9(10)6-5-8(12-3)7-11-2/h8H,4,7H2,1-3H3. The monoisotopic (exact) mass is 186 g/mol. The van der Waals surface area contributed by atoms with Gasteiger partial charge in [-0.15, -0.1) is 0 Å². The quantitative estimate of drug-likeness (QED) is 0.358. The predicted molar refractivity (Wildman–Crippen MR) is 47.1 cm³/mol. The van der Waals surface area contributed by atoms with Crippen LogP contribution in [-0.4, -0.2) is 39.5 Å². The molecule has 74 valence electrons. The largest absolute Gasteiger partial charge is 0.456 e. The summed E-state index contributed by atoms with van der Waals surface area (Å²) < 4.78 is 14.3. The SMILES string of the molecule is CCOC(=O)C#CC(COC)OC. The lowest BCUT2D eigenvalue weighted by atomic mass is 10.4. The highest BCUT2D eigenvalue weighted by Crippen LogP contribution is 1.87. The zero-order chi connectivity index (χ0) is 10.1. The fraction of sp³-hybridized carbons (Fsp3) is 0.667. The maximum absolute atomic E-state index is 10.8. The van der Waals surface area contributed by atoms with Gasteiger partial charge in [0.25, 0.3) is 0 Å². The second-order valence-corrected chi connectivity index (χ2v) is 2.17. The summed E-state index contributed by atoms with van der Waals surface area (Å²) in [4.78, 5) is 10.8. The van der Waals surface area contributed by atoms with Gasteiger partial charge in [-0.05, 0) is 6.92 Å². The number of hydrogen-bond acceptors (Lipinski definition) is 4. The Morgan fingerprint density at radius 2 is 2.15 bits per heavy atom. The van der Waals surface area contributed by atoms with Crippen LogP contribution in [0.4, 0.5) is 0 Å². The van der Waals surface area contributed by atoms with E-state index in [1.807, 2.05) is 0 Å². The summed E-state index contributed by atoms with van der Waals surface area (Å²) in [5.74, 6) is 4.35. The van der Waals surface area contributed by atoms with E-state index in [-0.39, 0.29) is 6.10 Å². The molecule has 0 spiro atoms. The predicted octanol–water partition coefficient (Wildman–Crippen LogP) is 0.214. The number of methoxy groups -OCH3 is 2. The molecule has 0 aromatic carbocycles. The van der Waals surface area contributed by atoms with Crippen molar-refractivity contribution in [1.82, 2.24) is 0 Å². The molecular weight excluding hydrogens is 172 g/mol. The Bertz CT molecular complexity index is 201. The first-order chi connectivity index (χ1) is 6.24. The van der Waals surface area contributed by atoms with Gasteiger partial charge in [0.2, 0.25) is 0 Å². The molecule has 0 aromatic rings. The van der Waals surface area contributed by atoms with Crippen molar-refractivity contribution in [2.75, 3.05) is 27.4 Å². The molecule has 0 bridgehead atoms. The molecule has 1 atom stereocenters. The van der Waals surface area contributed by atoms with E-state index in [0.29, 0.717) is 13.2 Å². The highest BCUT2D eigenvalue weighted by molar-refractivity contribution is 5.88. The summed E-state index contributed by atoms with van der Waals surface area (Å²) in [7, 11) is 3.04. The molecule has 4 heteroatoms. The molecule has 4 nitrogen and oxygen atoms in total. The van der Waals surface area contributed by atoms with Gasteiger partial charge in [-0.25, -0.2) is 4.79 Å². The van der Waals surface area contributed by atoms with Crippen LogP contribution in [0.3, 0.4) is 0 Å². The minimum absolute atomic E-state index is 0.329. The number of hydrogen-bond donors (Lipinski definition) is 0. The molecule has 0 saturated carbocycles. The Morgan fingerprint density at radius 3 is 2.62 bits per heavy atom. The van der Waals surface area contributed by atoms with Gasteiger partial charge < -0.3 is 14.2 Å². The Labute approximate surface area is 78.2 Å². The van der Waals surface area contributed by atoms with E-state index in [0.717, 1.165) is 0 Å². The molecule has 0 fully saturated rings. The molecule has 0 saturated heterocycles. The fourth-order valence-corrected chi connectivity index (χ4v) is 0.627. The first kappa shape index (κ1) is 11.9. The molecule has 0 radical (unpaired) electrons. The summed E-state index contributed by atoms with van der Waals surface area (Å²) in [6.07, 6.45) is -0.380. The number of esters is 1. The van der Waals surface area contributed by atoms with Crippen LogP contribution in [0, 0.1) is 11.8 Å². The first-order valence-corrected chi connectivity index (χ1v) is 3.94. The minimum atomic E-state index is -0.541. The third-order valence-corrected chi connectivity index (χ3v) is 1.21. The molecule has 0 aliphatic rings. The van der Waals surface area contributed by atoms with Crippen LogP contribution in [-0.2, 0) is 19.0 Å². The van der Waals surface area contributed by atoms with E-state index >= 15 is 0 Å². The van der Waals surface area contributed by atoms with Crippen LogP contribution in [0.2, 0.25) is 0 Å². The summed E-state index contributed by atoms with van der Waals surface area (Å²) >= 11 is 0. The number of carbonyl (C=O) groups is 1. The van der Waals surface area contributed by atoms with Gasteiger partial charge in [0.1, 0.15) is 6.10 Å². The maximum atomic E-state index is 10.8. The molecule has 0 aliphatic carbocycles. The lowest BCUT2D eigenvalue weighted by Crippen LogP contribution is -2.15. The van der Waals surface area contributed by atoms with E-state index < -0.39 is 5.97 Å². The Morgan fingerprint density at radius 1 is 1.46 bits per heavy atom. The fourth-order valence-electron chi connectivity index (χ4n) is 0.627. The van der Waals surface area contributed by atoms with Crippen molar-refractivity contribution >= 4 is 5.97 Å². The van der Waals surface area contributed by atoms with Crippen LogP contribution >= 0.6 is 0 Å². The van der Waals surface area contributed by atoms with Gasteiger partial charge in [-0.1, -0.05) is 5.92 Å². The molecule has 0 rings (SSSR count). The van der Waals surface area contributed by atoms with Crippen LogP contribution in [0.5, 0.6) is 0 Å². The Balaban J connectivity index is 3.95. The molecule has 0 heterocycles. The van der Waals surface area contributed by atoms with Crippen molar-refractivity contribution in [2.24, 2.45) is 0 Å². The van der Waals surface area contributed by atoms with Gasteiger partial charge in [0.15, 0.2) is 0 Å². The smallest absolute Gasteiger partial charge is 0.384 e. The van der Waals surface area contributed by atoms with Crippen LogP contribution in [0.15, 0.2) is 0 Å². The van der Waals surface area contributed by atoms with Gasteiger partial charge in [0, 0.05) is 20.1 Å². The number of carbonyl (C=O) groups excluding carboxylic acids is 1. The summed E-state index contributed by atoms with van der Waals surface area (Å²) in [5, 5.41) is 0. The zero-order valence-electron chi connectivity index (χ0n) is 8.12. The molecule has 1 unspecified atom stereocenters. The average molecular weight is 186 g/mol. The first-order valence-electron chi connectivity index (χ1n) is 3.94. The second-order valence-electron chi connectivity index (χ2n) is 2.17. The van der Waals surface area contributed by atoms with E-state index in [1.165, 1.54) is 14.2 Å². The summed E-state index contributed by atoms with van der Waals surface area (Å²) in [5.41, 5.74) is 0. The van der Waals surface area contributed by atoms with E-state index in [9.17, 15) is 4.79 Å². The molecule has 0 amide bonds. The molecule has 0 aromatic heterocycles. The van der Waals surface area contributed by atoms with Crippen LogP contribution in [0.1, 0.15) is 6.92 Å². The third kappa shape index (κ3) is 6.14. The van der Waals surface area contributed by atoms with Crippen LogP contribution in [0.25, 0.3) is 0 Å². The highest BCUT2D eigenvalue weighted by atomic mass is 16.5. The van der Waals surface area contributed by atoms with Gasteiger partial charge >= 0.3 is 5.97 Å². The van der Waals surface area contributed by atoms with Crippen molar-refractivity contribution in [3.05, 3.63) is 0 Å². The highest BCUT2D eigenvalue weighted by Gasteiger charge is 2.01. The lowest BCUT2D eigenvalue weighted by molar-refractivity contribution is -0.136. The van der Waals surface area contributed by atoms with E-state index in [4.69, 9.17) is 9.47 Å². The van der Waals surface area contributed by atoms with E-state index in [1.54, 1.807) is 6.92 Å². The Hall–Kier alpha value is -1.05. The molecule has 0 N–H and O–H groups in total.